The van der Waals surface area contributed by atoms with Crippen molar-refractivity contribution in [1.29, 1.82) is 5.26 Å². The molecule has 0 spiro atoms. The highest BCUT2D eigenvalue weighted by atomic mass is 19.4. The zero-order chi connectivity index (χ0) is 22.2. The minimum absolute atomic E-state index is 0.0473. The van der Waals surface area contributed by atoms with Crippen molar-refractivity contribution >= 4 is 16.9 Å². The molecular formula is C22H23F3N6. The van der Waals surface area contributed by atoms with Gasteiger partial charge in [0.2, 0.25) is 0 Å². The van der Waals surface area contributed by atoms with E-state index in [1.807, 2.05) is 4.90 Å². The van der Waals surface area contributed by atoms with Crippen LogP contribution in [0.25, 0.3) is 22.4 Å². The summed E-state index contributed by atoms with van der Waals surface area (Å²) < 4.78 is 41.3. The molecule has 0 aromatic carbocycles. The summed E-state index contributed by atoms with van der Waals surface area (Å²) in [5, 5.41) is 16.8. The van der Waals surface area contributed by atoms with Crippen molar-refractivity contribution in [3.63, 3.8) is 0 Å². The molecule has 1 aliphatic heterocycles. The number of aromatic nitrogens is 4. The highest BCUT2D eigenvalue weighted by Gasteiger charge is 2.37. The molecule has 0 amide bonds. The summed E-state index contributed by atoms with van der Waals surface area (Å²) in [5.41, 5.74) is -0.515. The van der Waals surface area contributed by atoms with E-state index < -0.39 is 11.7 Å². The predicted molar refractivity (Wildman–Crippen MR) is 111 cm³/mol. The Morgan fingerprint density at radius 2 is 2.06 bits per heavy atom. The highest BCUT2D eigenvalue weighted by molar-refractivity contribution is 5.90. The van der Waals surface area contributed by atoms with Gasteiger partial charge in [0, 0.05) is 24.7 Å². The maximum Gasteiger partial charge on any atom is 0.418 e. The number of hydrogen-bond acceptors (Lipinski definition) is 5. The lowest BCUT2D eigenvalue weighted by molar-refractivity contribution is -0.137. The largest absolute Gasteiger partial charge is 0.418 e. The lowest BCUT2D eigenvalue weighted by Gasteiger charge is -2.37. The van der Waals surface area contributed by atoms with Gasteiger partial charge in [-0.1, -0.05) is 13.8 Å². The first-order chi connectivity index (χ1) is 14.8. The normalized spacial score (nSPS) is 19.7. The van der Waals surface area contributed by atoms with Gasteiger partial charge in [-0.15, -0.1) is 0 Å². The smallest absolute Gasteiger partial charge is 0.356 e. The summed E-state index contributed by atoms with van der Waals surface area (Å²) >= 11 is 0. The topological polar surface area (TPSA) is 81.5 Å². The van der Waals surface area contributed by atoms with E-state index in [9.17, 15) is 18.4 Å². The van der Waals surface area contributed by atoms with E-state index in [0.717, 1.165) is 12.5 Å². The number of H-pyrrole nitrogens is 1. The Morgan fingerprint density at radius 3 is 2.77 bits per heavy atom. The Morgan fingerprint density at radius 1 is 1.26 bits per heavy atom. The van der Waals surface area contributed by atoms with E-state index in [-0.39, 0.29) is 23.2 Å². The molecule has 0 bridgehead atoms. The second kappa shape index (κ2) is 8.17. The molecule has 2 unspecified atom stereocenters. The molecule has 1 N–H and O–H groups in total. The zero-order valence-corrected chi connectivity index (χ0v) is 17.3. The summed E-state index contributed by atoms with van der Waals surface area (Å²) in [6.07, 6.45) is -1.46. The number of nitriles is 1. The minimum Gasteiger partial charge on any atom is -0.356 e. The predicted octanol–water partition coefficient (Wildman–Crippen LogP) is 5.05. The van der Waals surface area contributed by atoms with E-state index >= 15 is 0 Å². The number of nitrogens with zero attached hydrogens (tertiary/aromatic N) is 5. The van der Waals surface area contributed by atoms with Crippen LogP contribution in [0.15, 0.2) is 30.5 Å². The fraction of sp³-hybridized carbons (Fsp3) is 0.455. The van der Waals surface area contributed by atoms with Crippen LogP contribution in [0.4, 0.5) is 19.0 Å². The minimum atomic E-state index is -4.57. The van der Waals surface area contributed by atoms with Crippen molar-refractivity contribution in [3.8, 4) is 17.5 Å². The monoisotopic (exact) mass is 428 g/mol. The number of rotatable bonds is 4. The Kier molecular flexibility index (Phi) is 5.56. The number of halogens is 3. The Balaban J connectivity index is 1.75. The van der Waals surface area contributed by atoms with Gasteiger partial charge in [-0.05, 0) is 48.9 Å². The van der Waals surface area contributed by atoms with Gasteiger partial charge in [0.15, 0.2) is 5.65 Å². The first kappa shape index (κ1) is 21.1. The molecule has 6 nitrogen and oxygen atoms in total. The maximum atomic E-state index is 13.8. The number of alkyl halides is 3. The van der Waals surface area contributed by atoms with E-state index in [0.29, 0.717) is 42.3 Å². The Bertz CT molecular complexity index is 1110. The molecule has 9 heteroatoms. The van der Waals surface area contributed by atoms with E-state index in [1.165, 1.54) is 6.07 Å². The third-order valence-corrected chi connectivity index (χ3v) is 5.74. The molecule has 162 valence electrons. The van der Waals surface area contributed by atoms with Gasteiger partial charge in [0.1, 0.15) is 17.2 Å². The molecule has 0 aliphatic carbocycles. The average molecular weight is 428 g/mol. The van der Waals surface area contributed by atoms with Crippen LogP contribution in [-0.4, -0.2) is 33.3 Å². The van der Waals surface area contributed by atoms with Crippen LogP contribution >= 0.6 is 0 Å². The van der Waals surface area contributed by atoms with Crippen molar-refractivity contribution in [2.45, 2.75) is 32.9 Å². The molecule has 3 aromatic heterocycles. The van der Waals surface area contributed by atoms with E-state index in [4.69, 9.17) is 0 Å². The van der Waals surface area contributed by atoms with Gasteiger partial charge in [0.05, 0.1) is 17.6 Å². The number of piperidine rings is 1. The van der Waals surface area contributed by atoms with Crippen LogP contribution in [0.3, 0.4) is 0 Å². The first-order valence-corrected chi connectivity index (χ1v) is 10.3. The number of nitrogens with one attached hydrogen (secondary N) is 1. The maximum absolute atomic E-state index is 13.8. The first-order valence-electron chi connectivity index (χ1n) is 10.3. The molecular weight excluding hydrogens is 405 g/mol. The van der Waals surface area contributed by atoms with Gasteiger partial charge in [-0.3, -0.25) is 5.10 Å². The van der Waals surface area contributed by atoms with Gasteiger partial charge < -0.3 is 4.90 Å². The Labute approximate surface area is 178 Å². The second-order valence-corrected chi connectivity index (χ2v) is 8.40. The van der Waals surface area contributed by atoms with Crippen LogP contribution in [0, 0.1) is 29.1 Å². The van der Waals surface area contributed by atoms with Crippen molar-refractivity contribution in [2.24, 2.45) is 17.8 Å². The second-order valence-electron chi connectivity index (χ2n) is 8.40. The number of fused-ring (bicyclic) bond motifs is 1. The molecule has 3 aromatic rings. The molecule has 2 atom stereocenters. The van der Waals surface area contributed by atoms with Crippen molar-refractivity contribution in [3.05, 3.63) is 36.0 Å². The molecule has 1 fully saturated rings. The summed E-state index contributed by atoms with van der Waals surface area (Å²) in [5.74, 6) is 1.00. The average Bonchev–Trinajstić information content (AvgIpc) is 3.16. The molecule has 1 aliphatic rings. The van der Waals surface area contributed by atoms with Gasteiger partial charge in [0.25, 0.3) is 0 Å². The summed E-state index contributed by atoms with van der Waals surface area (Å²) in [6, 6.07) is 8.21. The zero-order valence-electron chi connectivity index (χ0n) is 17.3. The molecule has 4 rings (SSSR count). The van der Waals surface area contributed by atoms with Gasteiger partial charge >= 0.3 is 6.18 Å². The third-order valence-electron chi connectivity index (χ3n) is 5.74. The highest BCUT2D eigenvalue weighted by Crippen LogP contribution is 2.39. The fourth-order valence-electron chi connectivity index (χ4n) is 4.32. The SMILES string of the molecule is CC(C)CC1CN(c2ccc(C(F)(F)F)c(-c3n[nH]c4ncccc34)n2)CCC1C#N. The number of hydrogen-bond donors (Lipinski definition) is 1. The summed E-state index contributed by atoms with van der Waals surface area (Å²) in [6.45, 7) is 5.39. The Hall–Kier alpha value is -3.15. The molecule has 0 saturated carbocycles. The lowest BCUT2D eigenvalue weighted by Crippen LogP contribution is -2.41. The number of pyridine rings is 2. The third kappa shape index (κ3) is 4.20. The molecule has 0 radical (unpaired) electrons. The van der Waals surface area contributed by atoms with Crippen LogP contribution in [0.1, 0.15) is 32.3 Å². The van der Waals surface area contributed by atoms with Crippen molar-refractivity contribution < 1.29 is 13.2 Å². The number of aromatic amines is 1. The fourth-order valence-corrected chi connectivity index (χ4v) is 4.32. The molecule has 4 heterocycles. The van der Waals surface area contributed by atoms with E-state index in [1.54, 1.807) is 18.3 Å². The lowest BCUT2D eigenvalue weighted by atomic mass is 9.81. The standard InChI is InChI=1S/C22H23F3N6/c1-13(2)10-15-12-31(9-7-14(15)11-26)18-6-5-17(22(23,24)25)20(28-18)19-16-4-3-8-27-21(16)30-29-19/h3-6,8,13-15H,7,9-10,12H2,1-2H3,(H,27,29,30). The van der Waals surface area contributed by atoms with Crippen molar-refractivity contribution in [1.82, 2.24) is 20.2 Å². The van der Waals surface area contributed by atoms with Crippen LogP contribution in [0.2, 0.25) is 0 Å². The summed E-state index contributed by atoms with van der Waals surface area (Å²) in [7, 11) is 0. The van der Waals surface area contributed by atoms with Gasteiger partial charge in [-0.2, -0.15) is 23.5 Å². The van der Waals surface area contributed by atoms with Crippen molar-refractivity contribution in [2.75, 3.05) is 18.0 Å². The molecule has 31 heavy (non-hydrogen) atoms. The van der Waals surface area contributed by atoms with Crippen LogP contribution < -0.4 is 4.90 Å². The number of anilines is 1. The van der Waals surface area contributed by atoms with Gasteiger partial charge in [-0.25, -0.2) is 9.97 Å². The van der Waals surface area contributed by atoms with Crippen LogP contribution in [0.5, 0.6) is 0 Å². The van der Waals surface area contributed by atoms with E-state index in [2.05, 4.69) is 40.1 Å². The quantitative estimate of drug-likeness (QED) is 0.629. The summed E-state index contributed by atoms with van der Waals surface area (Å²) in [4.78, 5) is 10.5. The molecule has 1 saturated heterocycles. The van der Waals surface area contributed by atoms with Crippen LogP contribution in [-0.2, 0) is 6.18 Å².